The monoisotopic (exact) mass is 190 g/mol. The number of aromatic carboxylic acids is 1. The van der Waals surface area contributed by atoms with E-state index in [0.717, 1.165) is 6.20 Å². The number of carboxylic acid groups (broad SMARTS) is 1. The minimum absolute atomic E-state index is 0. The quantitative estimate of drug-likeness (QED) is 0.323. The number of hydrogen-bond donors (Lipinski definition) is 2. The number of rotatable bonds is 3. The van der Waals surface area contributed by atoms with Gasteiger partial charge >= 0.3 is 35.5 Å². The number of anilines is 1. The molecule has 1 aromatic heterocycles. The molecule has 0 atom stereocenters. The first-order valence-corrected chi connectivity index (χ1v) is 3.02. The van der Waals surface area contributed by atoms with Crippen LogP contribution in [0.5, 0.6) is 0 Å². The van der Waals surface area contributed by atoms with Gasteiger partial charge in [0.25, 0.3) is 0 Å². The molecule has 0 unspecified atom stereocenters. The van der Waals surface area contributed by atoms with Gasteiger partial charge in [-0.2, -0.15) is 0 Å². The van der Waals surface area contributed by atoms with Crippen LogP contribution in [0.2, 0.25) is 0 Å². The van der Waals surface area contributed by atoms with Gasteiger partial charge in [0.1, 0.15) is 5.82 Å². The van der Waals surface area contributed by atoms with E-state index in [4.69, 9.17) is 5.11 Å². The summed E-state index contributed by atoms with van der Waals surface area (Å²) in [5.74, 6) is -0.844. The summed E-state index contributed by atoms with van der Waals surface area (Å²) in [7, 11) is 0. The molecule has 0 aliphatic heterocycles. The summed E-state index contributed by atoms with van der Waals surface area (Å²) in [5.41, 5.74) is 2.10. The van der Waals surface area contributed by atoms with Crippen LogP contribution in [0.4, 0.5) is 5.82 Å². The van der Waals surface area contributed by atoms with Gasteiger partial charge in [0, 0.05) is 6.20 Å². The smallest absolute Gasteiger partial charge is 0.478 e. The maximum Gasteiger partial charge on any atom is 1.00 e. The zero-order valence-corrected chi connectivity index (χ0v) is 8.89. The second-order valence-electron chi connectivity index (χ2n) is 1.94. The number of pyridine rings is 1. The summed E-state index contributed by atoms with van der Waals surface area (Å²) in [5, 5.41) is 10.8. The van der Waals surface area contributed by atoms with Crippen LogP contribution in [0.25, 0.3) is 0 Å². The molecule has 0 saturated carbocycles. The third-order valence-corrected chi connectivity index (χ3v) is 1.17. The average molecular weight is 190 g/mol. The van der Waals surface area contributed by atoms with Crippen molar-refractivity contribution in [2.75, 3.05) is 5.43 Å². The number of aromatic nitrogens is 1. The van der Waals surface area contributed by atoms with Crippen molar-refractivity contribution in [1.82, 2.24) is 4.98 Å². The molecule has 0 fully saturated rings. The van der Waals surface area contributed by atoms with Crippen molar-refractivity contribution < 1.29 is 39.5 Å². The number of carbonyl (C=O) groups is 1. The van der Waals surface area contributed by atoms with Crippen molar-refractivity contribution in [2.45, 2.75) is 0 Å². The Morgan fingerprint density at radius 1 is 1.54 bits per heavy atom. The number of nitroso groups, excluding NO2 is 1. The topological polar surface area (TPSA) is 91.7 Å². The Kier molecular flexibility index (Phi) is 5.20. The van der Waals surface area contributed by atoms with Gasteiger partial charge in [-0.25, -0.2) is 15.2 Å². The predicted molar refractivity (Wildman–Crippen MR) is 40.6 cm³/mol. The van der Waals surface area contributed by atoms with Gasteiger partial charge in [-0.15, -0.1) is 4.91 Å². The second kappa shape index (κ2) is 5.63. The molecule has 0 spiro atoms. The van der Waals surface area contributed by atoms with Crippen molar-refractivity contribution in [3.05, 3.63) is 28.8 Å². The van der Waals surface area contributed by atoms with E-state index in [0.29, 0.717) is 0 Å². The van der Waals surface area contributed by atoms with Gasteiger partial charge in [0.15, 0.2) is 0 Å². The zero-order valence-electron chi connectivity index (χ0n) is 6.89. The van der Waals surface area contributed by atoms with Crippen LogP contribution in [-0.4, -0.2) is 16.1 Å². The molecule has 0 bridgehead atoms. The molecule has 0 saturated heterocycles. The van der Waals surface area contributed by atoms with Crippen LogP contribution in [-0.2, 0) is 0 Å². The van der Waals surface area contributed by atoms with Crippen molar-refractivity contribution in [2.24, 2.45) is 5.29 Å². The van der Waals surface area contributed by atoms with Gasteiger partial charge in [-0.3, -0.25) is 0 Å². The Labute approximate surface area is 95.6 Å². The first kappa shape index (κ1) is 12.0. The third-order valence-electron chi connectivity index (χ3n) is 1.17. The predicted octanol–water partition coefficient (Wildman–Crippen LogP) is -2.12. The van der Waals surface area contributed by atoms with Crippen LogP contribution in [0.15, 0.2) is 23.6 Å². The Morgan fingerprint density at radius 3 is 2.62 bits per heavy atom. The van der Waals surface area contributed by atoms with Crippen molar-refractivity contribution in [3.8, 4) is 0 Å². The molecule has 1 aromatic rings. The SMILES string of the molecule is O=NNc1ccc(C(=O)O)cn1.[Na+]. The fourth-order valence-electron chi connectivity index (χ4n) is 0.633. The Balaban J connectivity index is 0.00000144. The largest absolute Gasteiger partial charge is 1.00 e. The molecule has 0 aliphatic rings. The summed E-state index contributed by atoms with van der Waals surface area (Å²) < 4.78 is 0. The van der Waals surface area contributed by atoms with Crippen LogP contribution < -0.4 is 35.0 Å². The van der Waals surface area contributed by atoms with Crippen LogP contribution in [0.1, 0.15) is 10.4 Å². The van der Waals surface area contributed by atoms with E-state index in [1.807, 2.05) is 5.43 Å². The van der Waals surface area contributed by atoms with Crippen LogP contribution in [0, 0.1) is 4.91 Å². The third kappa shape index (κ3) is 3.49. The van der Waals surface area contributed by atoms with E-state index in [1.54, 1.807) is 0 Å². The zero-order chi connectivity index (χ0) is 8.97. The first-order chi connectivity index (χ1) is 5.74. The number of carboxylic acids is 1. The van der Waals surface area contributed by atoms with E-state index in [1.165, 1.54) is 12.1 Å². The van der Waals surface area contributed by atoms with Gasteiger partial charge in [-0.05, 0) is 12.1 Å². The van der Waals surface area contributed by atoms with E-state index < -0.39 is 5.97 Å². The molecule has 2 N–H and O–H groups in total. The maximum absolute atomic E-state index is 10.3. The molecule has 0 radical (unpaired) electrons. The number of hydrogen-bond acceptors (Lipinski definition) is 4. The minimum atomic E-state index is -1.06. The van der Waals surface area contributed by atoms with Crippen molar-refractivity contribution >= 4 is 11.8 Å². The first-order valence-electron chi connectivity index (χ1n) is 3.02. The summed E-state index contributed by atoms with van der Waals surface area (Å²) in [6.07, 6.45) is 1.13. The molecule has 1 rings (SSSR count). The Morgan fingerprint density at radius 2 is 2.23 bits per heavy atom. The number of nitrogens with zero attached hydrogens (tertiary/aromatic N) is 2. The molecule has 0 amide bonds. The summed E-state index contributed by atoms with van der Waals surface area (Å²) in [6, 6.07) is 2.67. The van der Waals surface area contributed by atoms with Crippen molar-refractivity contribution in [3.63, 3.8) is 0 Å². The molecule has 62 valence electrons. The molecule has 0 aliphatic carbocycles. The van der Waals surface area contributed by atoms with Gasteiger partial charge < -0.3 is 5.11 Å². The average Bonchev–Trinajstić information content (AvgIpc) is 2.06. The molecule has 13 heavy (non-hydrogen) atoms. The van der Waals surface area contributed by atoms with E-state index in [9.17, 15) is 9.70 Å². The molecule has 6 nitrogen and oxygen atoms in total. The van der Waals surface area contributed by atoms with E-state index in [2.05, 4.69) is 10.3 Å². The van der Waals surface area contributed by atoms with E-state index >= 15 is 0 Å². The van der Waals surface area contributed by atoms with Gasteiger partial charge in [0.2, 0.25) is 0 Å². The Bertz CT molecular complexity index is 300. The second-order valence-corrected chi connectivity index (χ2v) is 1.94. The minimum Gasteiger partial charge on any atom is -0.478 e. The molecular formula is C6H5N3NaO3+. The standard InChI is InChI=1S/C6H5N3O3.Na/c10-6(11)4-1-2-5(7-3-4)8-9-12;/h1-3H,(H,10,11)(H,7,8,12);/q;+1. The van der Waals surface area contributed by atoms with Gasteiger partial charge in [-0.1, -0.05) is 0 Å². The van der Waals surface area contributed by atoms with Crippen molar-refractivity contribution in [1.29, 1.82) is 0 Å². The summed E-state index contributed by atoms with van der Waals surface area (Å²) in [6.45, 7) is 0. The normalized spacial score (nSPS) is 8.31. The van der Waals surface area contributed by atoms with Crippen LogP contribution >= 0.6 is 0 Å². The number of nitrogens with one attached hydrogen (secondary N) is 1. The van der Waals surface area contributed by atoms with E-state index in [-0.39, 0.29) is 40.9 Å². The summed E-state index contributed by atoms with van der Waals surface area (Å²) >= 11 is 0. The maximum atomic E-state index is 10.3. The molecule has 1 heterocycles. The molecular weight excluding hydrogens is 185 g/mol. The molecule has 7 heteroatoms. The Hall–Kier alpha value is -0.980. The fourth-order valence-corrected chi connectivity index (χ4v) is 0.633. The van der Waals surface area contributed by atoms with Crippen LogP contribution in [0.3, 0.4) is 0 Å². The van der Waals surface area contributed by atoms with Gasteiger partial charge in [0.05, 0.1) is 10.8 Å². The summed E-state index contributed by atoms with van der Waals surface area (Å²) in [4.78, 5) is 23.6. The molecule has 0 aromatic carbocycles. The fraction of sp³-hybridized carbons (Fsp3) is 0.